The fourth-order valence-corrected chi connectivity index (χ4v) is 3.04. The monoisotopic (exact) mass is 244 g/mol. The highest BCUT2D eigenvalue weighted by atomic mass is 16.4. The molecule has 2 saturated heterocycles. The van der Waals surface area contributed by atoms with Gasteiger partial charge in [0.1, 0.15) is 0 Å². The number of carbonyl (C=O) groups is 2. The molecule has 2 heterocycles. The molecule has 2 rings (SSSR count). The molecule has 0 aromatic carbocycles. The smallest absolute Gasteiger partial charge is 0.407 e. The number of amides is 2. The summed E-state index contributed by atoms with van der Waals surface area (Å²) in [7, 11) is 0. The molecule has 7 heteroatoms. The Morgan fingerprint density at radius 1 is 1.18 bits per heavy atom. The lowest BCUT2D eigenvalue weighted by Gasteiger charge is -2.44. The first-order chi connectivity index (χ1) is 8.06. The standard InChI is InChI=1S/C10H16N2O5/c13-4-3-7-8-2-1-6(12(8)10(16)17)5-11(7)9(14)15/h6-8,13H,1-5H2,(H,14,15)(H,16,17)/t6-,7-,8+/m1/s1. The Bertz CT molecular complexity index is 335. The normalized spacial score (nSPS) is 31.7. The van der Waals surface area contributed by atoms with Crippen LogP contribution in [-0.4, -0.2) is 68.6 Å². The number of hydrogen-bond donors (Lipinski definition) is 3. The van der Waals surface area contributed by atoms with Gasteiger partial charge in [0.25, 0.3) is 0 Å². The van der Waals surface area contributed by atoms with Crippen LogP contribution in [0.4, 0.5) is 9.59 Å². The van der Waals surface area contributed by atoms with Gasteiger partial charge < -0.3 is 20.2 Å². The molecule has 2 aliphatic rings. The Morgan fingerprint density at radius 2 is 1.88 bits per heavy atom. The number of carboxylic acid groups (broad SMARTS) is 2. The molecule has 0 aliphatic carbocycles. The number of aliphatic hydroxyl groups excluding tert-OH is 1. The Morgan fingerprint density at radius 3 is 2.41 bits per heavy atom. The number of hydrogen-bond acceptors (Lipinski definition) is 3. The van der Waals surface area contributed by atoms with Crippen LogP contribution in [0.5, 0.6) is 0 Å². The van der Waals surface area contributed by atoms with Crippen LogP contribution < -0.4 is 0 Å². The minimum absolute atomic E-state index is 0.136. The summed E-state index contributed by atoms with van der Waals surface area (Å²) >= 11 is 0. The molecule has 0 radical (unpaired) electrons. The zero-order valence-corrected chi connectivity index (χ0v) is 9.32. The van der Waals surface area contributed by atoms with Crippen molar-refractivity contribution in [2.45, 2.75) is 37.4 Å². The van der Waals surface area contributed by atoms with E-state index < -0.39 is 18.2 Å². The molecule has 2 bridgehead atoms. The molecule has 0 spiro atoms. The third-order valence-electron chi connectivity index (χ3n) is 3.69. The van der Waals surface area contributed by atoms with Crippen LogP contribution in [0.25, 0.3) is 0 Å². The number of nitrogens with zero attached hydrogens (tertiary/aromatic N) is 2. The molecule has 3 N–H and O–H groups in total. The van der Waals surface area contributed by atoms with E-state index in [-0.39, 0.29) is 31.7 Å². The van der Waals surface area contributed by atoms with E-state index in [1.54, 1.807) is 0 Å². The summed E-state index contributed by atoms with van der Waals surface area (Å²) in [4.78, 5) is 24.9. The fourth-order valence-electron chi connectivity index (χ4n) is 3.04. The van der Waals surface area contributed by atoms with Crippen LogP contribution >= 0.6 is 0 Å². The van der Waals surface area contributed by atoms with Gasteiger partial charge in [0.05, 0.1) is 18.1 Å². The van der Waals surface area contributed by atoms with Crippen molar-refractivity contribution in [2.75, 3.05) is 13.2 Å². The summed E-state index contributed by atoms with van der Waals surface area (Å²) in [6.07, 6.45) is -0.377. The summed E-state index contributed by atoms with van der Waals surface area (Å²) in [6.45, 7) is 0.0753. The second-order valence-electron chi connectivity index (χ2n) is 4.50. The van der Waals surface area contributed by atoms with E-state index in [0.29, 0.717) is 12.8 Å². The van der Waals surface area contributed by atoms with E-state index >= 15 is 0 Å². The van der Waals surface area contributed by atoms with Gasteiger partial charge >= 0.3 is 12.2 Å². The van der Waals surface area contributed by atoms with Crippen molar-refractivity contribution in [1.82, 2.24) is 9.80 Å². The number of likely N-dealkylation sites (tertiary alicyclic amines) is 1. The number of piperazine rings is 1. The molecule has 96 valence electrons. The summed E-state index contributed by atoms with van der Waals surface area (Å²) in [5, 5.41) is 27.2. The molecule has 2 amide bonds. The number of rotatable bonds is 2. The molecule has 2 aliphatic heterocycles. The van der Waals surface area contributed by atoms with Crippen LogP contribution in [0.1, 0.15) is 19.3 Å². The van der Waals surface area contributed by atoms with Gasteiger partial charge in [-0.3, -0.25) is 4.90 Å². The molecule has 0 aromatic heterocycles. The SMILES string of the molecule is O=C(O)N1C[C@H]2CC[C@@H]([C@H]1CCO)N2C(=O)O. The second kappa shape index (κ2) is 4.40. The number of aliphatic hydroxyl groups is 1. The van der Waals surface area contributed by atoms with Gasteiger partial charge in [-0.15, -0.1) is 0 Å². The van der Waals surface area contributed by atoms with Crippen molar-refractivity contribution in [3.63, 3.8) is 0 Å². The van der Waals surface area contributed by atoms with Crippen molar-refractivity contribution < 1.29 is 24.9 Å². The van der Waals surface area contributed by atoms with Crippen LogP contribution in [0, 0.1) is 0 Å². The highest BCUT2D eigenvalue weighted by Crippen LogP contribution is 2.35. The van der Waals surface area contributed by atoms with E-state index in [9.17, 15) is 9.59 Å². The largest absolute Gasteiger partial charge is 0.465 e. The van der Waals surface area contributed by atoms with Crippen LogP contribution in [0.3, 0.4) is 0 Å². The first-order valence-corrected chi connectivity index (χ1v) is 5.68. The van der Waals surface area contributed by atoms with Crippen LogP contribution in [0.2, 0.25) is 0 Å². The summed E-state index contributed by atoms with van der Waals surface area (Å²) in [5.74, 6) is 0. The third-order valence-corrected chi connectivity index (χ3v) is 3.69. The average Bonchev–Trinajstić information content (AvgIpc) is 2.58. The van der Waals surface area contributed by atoms with E-state index in [4.69, 9.17) is 15.3 Å². The van der Waals surface area contributed by atoms with Gasteiger partial charge in [0.15, 0.2) is 0 Å². The van der Waals surface area contributed by atoms with E-state index in [0.717, 1.165) is 0 Å². The molecular formula is C10H16N2O5. The van der Waals surface area contributed by atoms with E-state index in [1.165, 1.54) is 9.80 Å². The second-order valence-corrected chi connectivity index (χ2v) is 4.50. The predicted molar refractivity (Wildman–Crippen MR) is 56.9 cm³/mol. The average molecular weight is 244 g/mol. The molecule has 7 nitrogen and oxygen atoms in total. The molecular weight excluding hydrogens is 228 g/mol. The fraction of sp³-hybridized carbons (Fsp3) is 0.800. The van der Waals surface area contributed by atoms with Gasteiger partial charge in [-0.2, -0.15) is 0 Å². The first kappa shape index (κ1) is 12.0. The lowest BCUT2D eigenvalue weighted by Crippen LogP contribution is -2.62. The van der Waals surface area contributed by atoms with Crippen molar-refractivity contribution in [1.29, 1.82) is 0 Å². The Hall–Kier alpha value is -1.50. The minimum Gasteiger partial charge on any atom is -0.465 e. The highest BCUT2D eigenvalue weighted by Gasteiger charge is 2.49. The van der Waals surface area contributed by atoms with Crippen LogP contribution in [-0.2, 0) is 0 Å². The van der Waals surface area contributed by atoms with E-state index in [2.05, 4.69) is 0 Å². The minimum atomic E-state index is -1.04. The summed E-state index contributed by atoms with van der Waals surface area (Å²) in [6, 6.07) is -0.967. The van der Waals surface area contributed by atoms with Crippen LogP contribution in [0.15, 0.2) is 0 Å². The van der Waals surface area contributed by atoms with Crippen molar-refractivity contribution in [3.05, 3.63) is 0 Å². The van der Waals surface area contributed by atoms with Crippen molar-refractivity contribution in [3.8, 4) is 0 Å². The zero-order chi connectivity index (χ0) is 12.6. The number of fused-ring (bicyclic) bond motifs is 2. The summed E-state index contributed by atoms with van der Waals surface area (Å²) < 4.78 is 0. The lowest BCUT2D eigenvalue weighted by molar-refractivity contribution is 0.0167. The van der Waals surface area contributed by atoms with Gasteiger partial charge in [-0.05, 0) is 19.3 Å². The maximum Gasteiger partial charge on any atom is 0.407 e. The van der Waals surface area contributed by atoms with Crippen molar-refractivity contribution in [2.24, 2.45) is 0 Å². The Kier molecular flexibility index (Phi) is 3.10. The topological polar surface area (TPSA) is 101 Å². The van der Waals surface area contributed by atoms with Gasteiger partial charge in [-0.25, -0.2) is 9.59 Å². The van der Waals surface area contributed by atoms with Gasteiger partial charge in [0, 0.05) is 13.2 Å². The zero-order valence-electron chi connectivity index (χ0n) is 9.32. The Labute approximate surface area is 98.2 Å². The molecule has 3 atom stereocenters. The van der Waals surface area contributed by atoms with E-state index in [1.807, 2.05) is 0 Å². The summed E-state index contributed by atoms with van der Waals surface area (Å²) in [5.41, 5.74) is 0. The lowest BCUT2D eigenvalue weighted by atomic mass is 10.0. The third kappa shape index (κ3) is 1.90. The highest BCUT2D eigenvalue weighted by molar-refractivity contribution is 5.69. The van der Waals surface area contributed by atoms with Gasteiger partial charge in [0.2, 0.25) is 0 Å². The molecule has 0 saturated carbocycles. The van der Waals surface area contributed by atoms with Crippen molar-refractivity contribution >= 4 is 12.2 Å². The van der Waals surface area contributed by atoms with Gasteiger partial charge in [-0.1, -0.05) is 0 Å². The first-order valence-electron chi connectivity index (χ1n) is 5.68. The molecule has 0 aromatic rings. The maximum absolute atomic E-state index is 11.1. The molecule has 2 fully saturated rings. The quantitative estimate of drug-likeness (QED) is 0.646. The predicted octanol–water partition coefficient (Wildman–Crippen LogP) is 0.242. The maximum atomic E-state index is 11.1. The molecule has 0 unspecified atom stereocenters. The molecule has 17 heavy (non-hydrogen) atoms. The Balaban J connectivity index is 2.23.